The topological polar surface area (TPSA) is 63.3 Å². The summed E-state index contributed by atoms with van der Waals surface area (Å²) in [4.78, 5) is 10.5. The Morgan fingerprint density at radius 2 is 2.18 bits per heavy atom. The number of halogens is 1. The van der Waals surface area contributed by atoms with Crippen molar-refractivity contribution in [3.8, 4) is 0 Å². The quantitative estimate of drug-likeness (QED) is 0.661. The molecule has 3 nitrogen and oxygen atoms in total. The van der Waals surface area contributed by atoms with Gasteiger partial charge in [0.2, 0.25) is 0 Å². The first-order valence-corrected chi connectivity index (χ1v) is 3.50. The van der Waals surface area contributed by atoms with E-state index in [1.54, 1.807) is 0 Å². The standard InChI is InChI=1S/C7H13NO2.ClH/c1-4(2)5-3-7(5,8)6(9)10;/h4-5H,3,8H2,1-2H3,(H,9,10);1H/t5-,7-;/m0./s1. The lowest BCUT2D eigenvalue weighted by Crippen LogP contribution is -2.36. The van der Waals surface area contributed by atoms with E-state index in [9.17, 15) is 4.79 Å². The van der Waals surface area contributed by atoms with Gasteiger partial charge in [-0.15, -0.1) is 12.4 Å². The lowest BCUT2D eigenvalue weighted by atomic mass is 10.1. The Kier molecular flexibility index (Phi) is 2.91. The molecule has 4 heteroatoms. The van der Waals surface area contributed by atoms with Crippen molar-refractivity contribution in [1.29, 1.82) is 0 Å². The van der Waals surface area contributed by atoms with Crippen LogP contribution >= 0.6 is 12.4 Å². The lowest BCUT2D eigenvalue weighted by Gasteiger charge is -2.06. The van der Waals surface area contributed by atoms with Crippen LogP contribution in [0.25, 0.3) is 0 Å². The minimum atomic E-state index is -0.895. The first kappa shape index (κ1) is 10.7. The number of hydrogen-bond acceptors (Lipinski definition) is 2. The van der Waals surface area contributed by atoms with Gasteiger partial charge in [0, 0.05) is 0 Å². The van der Waals surface area contributed by atoms with Crippen LogP contribution in [-0.2, 0) is 4.79 Å². The largest absolute Gasteiger partial charge is 0.480 e. The maximum absolute atomic E-state index is 10.5. The van der Waals surface area contributed by atoms with Crippen molar-refractivity contribution in [2.45, 2.75) is 25.8 Å². The summed E-state index contributed by atoms with van der Waals surface area (Å²) in [5.74, 6) is -0.280. The van der Waals surface area contributed by atoms with Crippen molar-refractivity contribution in [2.75, 3.05) is 0 Å². The van der Waals surface area contributed by atoms with E-state index in [1.165, 1.54) is 0 Å². The Hall–Kier alpha value is -0.280. The van der Waals surface area contributed by atoms with E-state index in [2.05, 4.69) is 0 Å². The first-order valence-electron chi connectivity index (χ1n) is 3.50. The molecule has 0 heterocycles. The zero-order valence-corrected chi connectivity index (χ0v) is 7.52. The van der Waals surface area contributed by atoms with Gasteiger partial charge in [-0.2, -0.15) is 0 Å². The molecule has 2 atom stereocenters. The Morgan fingerprint density at radius 1 is 1.73 bits per heavy atom. The Balaban J connectivity index is 0.000001000. The molecule has 1 rings (SSSR count). The van der Waals surface area contributed by atoms with Crippen molar-refractivity contribution in [3.63, 3.8) is 0 Å². The average Bonchev–Trinajstić information content (AvgIpc) is 2.43. The molecular weight excluding hydrogens is 166 g/mol. The SMILES string of the molecule is CC(C)[C@@H]1C[C@@]1(N)C(=O)O.Cl. The van der Waals surface area contributed by atoms with Crippen LogP contribution in [0.3, 0.4) is 0 Å². The molecule has 0 bridgehead atoms. The van der Waals surface area contributed by atoms with E-state index in [0.717, 1.165) is 0 Å². The van der Waals surface area contributed by atoms with E-state index in [1.807, 2.05) is 13.8 Å². The number of hydrogen-bond donors (Lipinski definition) is 2. The first-order chi connectivity index (χ1) is 4.48. The third-order valence-corrected chi connectivity index (χ3v) is 2.26. The summed E-state index contributed by atoms with van der Waals surface area (Å²) in [6.45, 7) is 4.00. The second-order valence-electron chi connectivity index (χ2n) is 3.40. The van der Waals surface area contributed by atoms with Gasteiger partial charge in [0.15, 0.2) is 0 Å². The number of carbonyl (C=O) groups is 1. The maximum Gasteiger partial charge on any atom is 0.323 e. The van der Waals surface area contributed by atoms with Gasteiger partial charge in [-0.05, 0) is 18.3 Å². The van der Waals surface area contributed by atoms with E-state index >= 15 is 0 Å². The molecule has 66 valence electrons. The monoisotopic (exact) mass is 179 g/mol. The van der Waals surface area contributed by atoms with Crippen molar-refractivity contribution < 1.29 is 9.90 Å². The Morgan fingerprint density at radius 3 is 2.27 bits per heavy atom. The van der Waals surface area contributed by atoms with Gasteiger partial charge in [0.05, 0.1) is 0 Å². The lowest BCUT2D eigenvalue weighted by molar-refractivity contribution is -0.140. The molecule has 3 N–H and O–H groups in total. The van der Waals surface area contributed by atoms with Crippen LogP contribution in [0.1, 0.15) is 20.3 Å². The minimum absolute atomic E-state index is 0. The van der Waals surface area contributed by atoms with E-state index in [0.29, 0.717) is 12.3 Å². The normalized spacial score (nSPS) is 34.7. The Labute approximate surface area is 72.4 Å². The second-order valence-corrected chi connectivity index (χ2v) is 3.40. The van der Waals surface area contributed by atoms with Gasteiger partial charge in [-0.1, -0.05) is 13.8 Å². The van der Waals surface area contributed by atoms with Gasteiger partial charge < -0.3 is 10.8 Å². The Bertz CT molecular complexity index is 172. The minimum Gasteiger partial charge on any atom is -0.480 e. The predicted molar refractivity (Wildman–Crippen MR) is 44.7 cm³/mol. The second kappa shape index (κ2) is 2.99. The van der Waals surface area contributed by atoms with E-state index < -0.39 is 11.5 Å². The third-order valence-electron chi connectivity index (χ3n) is 2.26. The molecule has 1 aliphatic carbocycles. The van der Waals surface area contributed by atoms with Crippen molar-refractivity contribution >= 4 is 18.4 Å². The summed E-state index contributed by atoms with van der Waals surface area (Å²) in [7, 11) is 0. The third kappa shape index (κ3) is 1.65. The molecule has 0 spiro atoms. The highest BCUT2D eigenvalue weighted by Crippen LogP contribution is 2.46. The summed E-state index contributed by atoms with van der Waals surface area (Å²) in [5.41, 5.74) is 4.64. The molecule has 1 aliphatic rings. The van der Waals surface area contributed by atoms with Crippen LogP contribution in [-0.4, -0.2) is 16.6 Å². The molecule has 0 aliphatic heterocycles. The van der Waals surface area contributed by atoms with Crippen LogP contribution in [0.15, 0.2) is 0 Å². The van der Waals surface area contributed by atoms with Crippen molar-refractivity contribution in [2.24, 2.45) is 17.6 Å². The zero-order chi connectivity index (χ0) is 7.94. The predicted octanol–water partition coefficient (Wildman–Crippen LogP) is 0.866. The zero-order valence-electron chi connectivity index (χ0n) is 6.70. The average molecular weight is 180 g/mol. The summed E-state index contributed by atoms with van der Waals surface area (Å²) in [5, 5.41) is 8.61. The van der Waals surface area contributed by atoms with Gasteiger partial charge >= 0.3 is 5.97 Å². The van der Waals surface area contributed by atoms with Crippen LogP contribution in [0, 0.1) is 11.8 Å². The van der Waals surface area contributed by atoms with Gasteiger partial charge in [0.25, 0.3) is 0 Å². The number of rotatable bonds is 2. The smallest absolute Gasteiger partial charge is 0.323 e. The molecule has 11 heavy (non-hydrogen) atoms. The van der Waals surface area contributed by atoms with Crippen molar-refractivity contribution in [1.82, 2.24) is 0 Å². The van der Waals surface area contributed by atoms with Gasteiger partial charge in [-0.3, -0.25) is 4.79 Å². The van der Waals surface area contributed by atoms with Crippen LogP contribution < -0.4 is 5.73 Å². The van der Waals surface area contributed by atoms with Crippen LogP contribution in [0.4, 0.5) is 0 Å². The highest BCUT2D eigenvalue weighted by Gasteiger charge is 2.58. The molecule has 0 unspecified atom stereocenters. The molecule has 1 saturated carbocycles. The molecule has 0 aromatic heterocycles. The molecule has 0 saturated heterocycles. The van der Waals surface area contributed by atoms with E-state index in [-0.39, 0.29) is 18.3 Å². The van der Waals surface area contributed by atoms with Crippen LogP contribution in [0.5, 0.6) is 0 Å². The van der Waals surface area contributed by atoms with Gasteiger partial charge in [-0.25, -0.2) is 0 Å². The maximum atomic E-state index is 10.5. The molecule has 0 radical (unpaired) electrons. The summed E-state index contributed by atoms with van der Waals surface area (Å²) < 4.78 is 0. The molecule has 0 amide bonds. The molecular formula is C7H14ClNO2. The molecule has 0 aromatic carbocycles. The van der Waals surface area contributed by atoms with Gasteiger partial charge in [0.1, 0.15) is 5.54 Å². The molecule has 1 fully saturated rings. The summed E-state index contributed by atoms with van der Waals surface area (Å²) in [6.07, 6.45) is 0.639. The fourth-order valence-electron chi connectivity index (χ4n) is 1.38. The highest BCUT2D eigenvalue weighted by molar-refractivity contribution is 5.85. The van der Waals surface area contributed by atoms with E-state index in [4.69, 9.17) is 10.8 Å². The van der Waals surface area contributed by atoms with Crippen LogP contribution in [0.2, 0.25) is 0 Å². The van der Waals surface area contributed by atoms with Crippen molar-refractivity contribution in [3.05, 3.63) is 0 Å². The molecule has 0 aromatic rings. The fraction of sp³-hybridized carbons (Fsp3) is 0.857. The summed E-state index contributed by atoms with van der Waals surface area (Å²) in [6, 6.07) is 0. The number of carboxylic acids is 1. The fourth-order valence-corrected chi connectivity index (χ4v) is 1.38. The highest BCUT2D eigenvalue weighted by atomic mass is 35.5. The summed E-state index contributed by atoms with van der Waals surface area (Å²) >= 11 is 0. The number of nitrogens with two attached hydrogens (primary N) is 1. The number of carboxylic acid groups (broad SMARTS) is 1. The number of aliphatic carboxylic acids is 1.